The van der Waals surface area contributed by atoms with Crippen molar-refractivity contribution in [1.82, 2.24) is 9.47 Å². The first-order chi connectivity index (χ1) is 14.6. The van der Waals surface area contributed by atoms with Crippen molar-refractivity contribution in [3.05, 3.63) is 87.4 Å². The van der Waals surface area contributed by atoms with E-state index in [1.165, 1.54) is 29.5 Å². The van der Waals surface area contributed by atoms with E-state index < -0.39 is 11.7 Å². The molecule has 2 heterocycles. The van der Waals surface area contributed by atoms with Crippen LogP contribution in [0.4, 0.5) is 4.39 Å². The maximum atomic E-state index is 13.9. The Morgan fingerprint density at radius 2 is 1.90 bits per heavy atom. The molecule has 1 fully saturated rings. The summed E-state index contributed by atoms with van der Waals surface area (Å²) in [5, 5.41) is 1.82. The Labute approximate surface area is 176 Å². The van der Waals surface area contributed by atoms with Gasteiger partial charge in [-0.15, -0.1) is 11.3 Å². The smallest absolute Gasteiger partial charge is 0.282 e. The largest absolute Gasteiger partial charge is 0.378 e. The van der Waals surface area contributed by atoms with Gasteiger partial charge in [-0.1, -0.05) is 24.3 Å². The third kappa shape index (κ3) is 4.55. The van der Waals surface area contributed by atoms with Crippen LogP contribution in [0.25, 0.3) is 0 Å². The number of amides is 2. The molecule has 3 aromatic rings. The van der Waals surface area contributed by atoms with Gasteiger partial charge in [-0.2, -0.15) is 4.99 Å². The number of nitrogens with zero attached hydrogens (tertiary/aromatic N) is 3. The average molecular weight is 425 g/mol. The van der Waals surface area contributed by atoms with E-state index in [4.69, 9.17) is 4.74 Å². The molecule has 1 saturated heterocycles. The van der Waals surface area contributed by atoms with Crippen LogP contribution in [0.1, 0.15) is 26.3 Å². The summed E-state index contributed by atoms with van der Waals surface area (Å²) in [5.41, 5.74) is 1.47. The SMILES string of the molecule is O=C(N=c1sccn1Cc1cccc(C(=O)N2CCOCC2)c1)c1ccccc1F. The maximum absolute atomic E-state index is 13.9. The van der Waals surface area contributed by atoms with Gasteiger partial charge < -0.3 is 14.2 Å². The minimum atomic E-state index is -0.624. The van der Waals surface area contributed by atoms with Crippen molar-refractivity contribution >= 4 is 23.2 Å². The van der Waals surface area contributed by atoms with Crippen molar-refractivity contribution < 1.29 is 18.7 Å². The number of halogens is 1. The van der Waals surface area contributed by atoms with E-state index in [2.05, 4.69) is 4.99 Å². The third-order valence-corrected chi connectivity index (χ3v) is 5.58. The summed E-state index contributed by atoms with van der Waals surface area (Å²) in [4.78, 5) is 31.4. The number of ether oxygens (including phenoxy) is 1. The molecule has 0 aliphatic carbocycles. The molecule has 0 N–H and O–H groups in total. The second-order valence-electron chi connectivity index (χ2n) is 6.82. The lowest BCUT2D eigenvalue weighted by molar-refractivity contribution is 0.0303. The summed E-state index contributed by atoms with van der Waals surface area (Å²) in [5.74, 6) is -1.24. The van der Waals surface area contributed by atoms with Crippen molar-refractivity contribution in [2.24, 2.45) is 4.99 Å². The van der Waals surface area contributed by atoms with Gasteiger partial charge in [-0.05, 0) is 29.8 Å². The molecule has 0 radical (unpaired) electrons. The van der Waals surface area contributed by atoms with Crippen LogP contribution in [-0.4, -0.2) is 47.6 Å². The van der Waals surface area contributed by atoms with Crippen LogP contribution in [0.5, 0.6) is 0 Å². The van der Waals surface area contributed by atoms with Crippen molar-refractivity contribution in [1.29, 1.82) is 0 Å². The number of benzene rings is 2. The fraction of sp³-hybridized carbons (Fsp3) is 0.227. The Bertz CT molecular complexity index is 1130. The van der Waals surface area contributed by atoms with Crippen LogP contribution in [0.3, 0.4) is 0 Å². The molecule has 0 atom stereocenters. The van der Waals surface area contributed by atoms with E-state index in [-0.39, 0.29) is 11.5 Å². The molecule has 2 aromatic carbocycles. The summed E-state index contributed by atoms with van der Waals surface area (Å²) in [7, 11) is 0. The summed E-state index contributed by atoms with van der Waals surface area (Å²) in [6.45, 7) is 2.72. The Balaban J connectivity index is 1.55. The van der Waals surface area contributed by atoms with Crippen LogP contribution >= 0.6 is 11.3 Å². The molecule has 1 aliphatic heterocycles. The molecular formula is C22H20FN3O3S. The summed E-state index contributed by atoms with van der Waals surface area (Å²) < 4.78 is 21.0. The van der Waals surface area contributed by atoms with Crippen LogP contribution in [0.15, 0.2) is 65.1 Å². The highest BCUT2D eigenvalue weighted by molar-refractivity contribution is 7.07. The number of carbonyl (C=O) groups excluding carboxylic acids is 2. The highest BCUT2D eigenvalue weighted by atomic mass is 32.1. The molecule has 0 saturated carbocycles. The van der Waals surface area contributed by atoms with E-state index in [9.17, 15) is 14.0 Å². The van der Waals surface area contributed by atoms with Gasteiger partial charge in [0.1, 0.15) is 5.82 Å². The van der Waals surface area contributed by atoms with Gasteiger partial charge in [-0.25, -0.2) is 4.39 Å². The van der Waals surface area contributed by atoms with Crippen LogP contribution in [0, 0.1) is 5.82 Å². The van der Waals surface area contributed by atoms with Gasteiger partial charge in [0, 0.05) is 36.8 Å². The van der Waals surface area contributed by atoms with E-state index in [0.717, 1.165) is 5.56 Å². The van der Waals surface area contributed by atoms with Crippen LogP contribution in [-0.2, 0) is 11.3 Å². The molecular weight excluding hydrogens is 405 g/mol. The van der Waals surface area contributed by atoms with Gasteiger partial charge in [0.25, 0.3) is 11.8 Å². The molecule has 2 amide bonds. The first kappa shape index (κ1) is 20.2. The van der Waals surface area contributed by atoms with E-state index >= 15 is 0 Å². The lowest BCUT2D eigenvalue weighted by Gasteiger charge is -2.27. The lowest BCUT2D eigenvalue weighted by atomic mass is 10.1. The Morgan fingerprint density at radius 3 is 2.70 bits per heavy atom. The van der Waals surface area contributed by atoms with Gasteiger partial charge in [0.05, 0.1) is 18.8 Å². The van der Waals surface area contributed by atoms with Gasteiger partial charge >= 0.3 is 0 Å². The lowest BCUT2D eigenvalue weighted by Crippen LogP contribution is -2.40. The van der Waals surface area contributed by atoms with Crippen molar-refractivity contribution in [2.75, 3.05) is 26.3 Å². The monoisotopic (exact) mass is 425 g/mol. The molecule has 1 aliphatic rings. The van der Waals surface area contributed by atoms with E-state index in [1.54, 1.807) is 17.0 Å². The number of hydrogen-bond acceptors (Lipinski definition) is 4. The molecule has 30 heavy (non-hydrogen) atoms. The summed E-state index contributed by atoms with van der Waals surface area (Å²) >= 11 is 1.29. The number of carbonyl (C=O) groups is 2. The standard InChI is InChI=1S/C22H20FN3O3S/c23-19-7-2-1-6-18(19)20(27)24-22-26(10-13-30-22)15-16-4-3-5-17(14-16)21(28)25-8-11-29-12-9-25/h1-7,10,13-14H,8-9,11-12,15H2. The molecule has 6 nitrogen and oxygen atoms in total. The quantitative estimate of drug-likeness (QED) is 0.646. The minimum Gasteiger partial charge on any atom is -0.378 e. The maximum Gasteiger partial charge on any atom is 0.282 e. The second kappa shape index (κ2) is 9.15. The fourth-order valence-electron chi connectivity index (χ4n) is 3.24. The first-order valence-electron chi connectivity index (χ1n) is 9.55. The normalized spacial score (nSPS) is 14.7. The molecule has 4 rings (SSSR count). The Kier molecular flexibility index (Phi) is 6.15. The molecule has 8 heteroatoms. The third-order valence-electron chi connectivity index (χ3n) is 4.79. The number of thiazole rings is 1. The fourth-order valence-corrected chi connectivity index (χ4v) is 3.96. The van der Waals surface area contributed by atoms with Gasteiger partial charge in [-0.3, -0.25) is 9.59 Å². The van der Waals surface area contributed by atoms with Gasteiger partial charge in [0.2, 0.25) is 0 Å². The molecule has 0 bridgehead atoms. The number of rotatable bonds is 4. The van der Waals surface area contributed by atoms with Gasteiger partial charge in [0.15, 0.2) is 4.80 Å². The van der Waals surface area contributed by atoms with Crippen molar-refractivity contribution in [3.63, 3.8) is 0 Å². The number of hydrogen-bond donors (Lipinski definition) is 0. The Hall–Kier alpha value is -3.10. The zero-order valence-electron chi connectivity index (χ0n) is 16.2. The highest BCUT2D eigenvalue weighted by Crippen LogP contribution is 2.12. The molecule has 0 spiro atoms. The minimum absolute atomic E-state index is 0.0184. The van der Waals surface area contributed by atoms with Crippen molar-refractivity contribution in [3.8, 4) is 0 Å². The topological polar surface area (TPSA) is 63.9 Å². The highest BCUT2D eigenvalue weighted by Gasteiger charge is 2.18. The predicted molar refractivity (Wildman–Crippen MR) is 111 cm³/mol. The average Bonchev–Trinajstić information content (AvgIpc) is 3.20. The molecule has 154 valence electrons. The molecule has 0 unspecified atom stereocenters. The van der Waals surface area contributed by atoms with E-state index in [1.807, 2.05) is 34.3 Å². The zero-order valence-corrected chi connectivity index (χ0v) is 17.0. The van der Waals surface area contributed by atoms with Crippen LogP contribution in [0.2, 0.25) is 0 Å². The summed E-state index contributed by atoms with van der Waals surface area (Å²) in [6, 6.07) is 13.2. The van der Waals surface area contributed by atoms with Crippen molar-refractivity contribution in [2.45, 2.75) is 6.54 Å². The number of aromatic nitrogens is 1. The van der Waals surface area contributed by atoms with E-state index in [0.29, 0.717) is 43.2 Å². The molecule has 1 aromatic heterocycles. The first-order valence-corrected chi connectivity index (χ1v) is 10.4. The second-order valence-corrected chi connectivity index (χ2v) is 7.69. The number of morpholine rings is 1. The predicted octanol–water partition coefficient (Wildman–Crippen LogP) is 2.95. The van der Waals surface area contributed by atoms with Crippen LogP contribution < -0.4 is 4.80 Å². The zero-order chi connectivity index (χ0) is 20.9. The summed E-state index contributed by atoms with van der Waals surface area (Å²) in [6.07, 6.45) is 1.81. The Morgan fingerprint density at radius 1 is 1.10 bits per heavy atom.